The van der Waals surface area contributed by atoms with E-state index in [0.717, 1.165) is 11.8 Å². The number of furan rings is 1. The van der Waals surface area contributed by atoms with Gasteiger partial charge in [-0.05, 0) is 36.4 Å². The van der Waals surface area contributed by atoms with E-state index in [1.165, 1.54) is 12.3 Å². The second-order valence-corrected chi connectivity index (χ2v) is 5.63. The quantitative estimate of drug-likeness (QED) is 0.785. The maximum Gasteiger partial charge on any atom is 0.342 e. The van der Waals surface area contributed by atoms with Gasteiger partial charge in [-0.15, -0.1) is 11.8 Å². The molecule has 0 aliphatic rings. The summed E-state index contributed by atoms with van der Waals surface area (Å²) in [5.41, 5.74) is 0.599. The zero-order valence-corrected chi connectivity index (χ0v) is 12.9. The van der Waals surface area contributed by atoms with Crippen molar-refractivity contribution in [2.45, 2.75) is 0 Å². The van der Waals surface area contributed by atoms with Crippen molar-refractivity contribution in [2.24, 2.45) is 0 Å². The number of thioether (sulfide) groups is 1. The lowest BCUT2D eigenvalue weighted by molar-refractivity contribution is -0.131. The van der Waals surface area contributed by atoms with Gasteiger partial charge >= 0.3 is 5.97 Å². The molecule has 2 aromatic rings. The Balaban J connectivity index is 1.93. The van der Waals surface area contributed by atoms with Crippen LogP contribution in [0, 0.1) is 0 Å². The van der Waals surface area contributed by atoms with Crippen LogP contribution in [-0.4, -0.2) is 22.7 Å². The number of carboxylic acids is 1. The molecular weight excluding hydrogens is 326 g/mol. The van der Waals surface area contributed by atoms with Crippen molar-refractivity contribution in [3.05, 3.63) is 58.3 Å². The summed E-state index contributed by atoms with van der Waals surface area (Å²) in [6.45, 7) is 0. The highest BCUT2D eigenvalue weighted by molar-refractivity contribution is 8.04. The first kappa shape index (κ1) is 16.2. The Bertz CT molecular complexity index is 680. The lowest BCUT2D eigenvalue weighted by Crippen LogP contribution is -2.14. The summed E-state index contributed by atoms with van der Waals surface area (Å²) in [7, 11) is 0. The van der Waals surface area contributed by atoms with Crippen LogP contribution in [-0.2, 0) is 9.59 Å². The number of rotatable bonds is 6. The minimum absolute atomic E-state index is 0.0263. The Morgan fingerprint density at radius 2 is 2.00 bits per heavy atom. The molecular formula is C15H12ClNO4S. The molecule has 0 aliphatic carbocycles. The maximum absolute atomic E-state index is 11.8. The maximum atomic E-state index is 11.8. The van der Waals surface area contributed by atoms with E-state index in [0.29, 0.717) is 16.5 Å². The third kappa shape index (κ3) is 4.98. The summed E-state index contributed by atoms with van der Waals surface area (Å²) in [6, 6.07) is 9.94. The third-order valence-electron chi connectivity index (χ3n) is 2.51. The molecule has 2 N–H and O–H groups in total. The number of carbonyl (C=O) groups is 2. The van der Waals surface area contributed by atoms with Crippen LogP contribution in [0.5, 0.6) is 0 Å². The first-order valence-corrected chi connectivity index (χ1v) is 7.57. The van der Waals surface area contributed by atoms with Crippen molar-refractivity contribution in [3.63, 3.8) is 0 Å². The average Bonchev–Trinajstić information content (AvgIpc) is 2.98. The molecule has 2 rings (SSSR count). The normalized spacial score (nSPS) is 11.2. The van der Waals surface area contributed by atoms with Crippen LogP contribution in [0.1, 0.15) is 5.76 Å². The molecule has 0 bridgehead atoms. The van der Waals surface area contributed by atoms with Crippen molar-refractivity contribution in [2.75, 3.05) is 11.1 Å². The number of carboxylic acid groups (broad SMARTS) is 1. The summed E-state index contributed by atoms with van der Waals surface area (Å²) in [5.74, 6) is -1.02. The molecule has 1 heterocycles. The smallest absolute Gasteiger partial charge is 0.342 e. The van der Waals surface area contributed by atoms with E-state index in [-0.39, 0.29) is 16.6 Å². The minimum Gasteiger partial charge on any atom is -0.477 e. The fraction of sp³-hybridized carbons (Fsp3) is 0.0667. The van der Waals surface area contributed by atoms with Crippen LogP contribution in [0.4, 0.5) is 5.69 Å². The van der Waals surface area contributed by atoms with Crippen LogP contribution >= 0.6 is 23.4 Å². The van der Waals surface area contributed by atoms with Crippen molar-refractivity contribution < 1.29 is 19.1 Å². The molecule has 0 saturated carbocycles. The van der Waals surface area contributed by atoms with Gasteiger partial charge in [0.05, 0.1) is 16.9 Å². The lowest BCUT2D eigenvalue weighted by Gasteiger charge is -2.05. The molecule has 1 aromatic carbocycles. The fourth-order valence-electron chi connectivity index (χ4n) is 1.54. The average molecular weight is 338 g/mol. The number of nitrogens with one attached hydrogen (secondary N) is 1. The molecule has 0 unspecified atom stereocenters. The lowest BCUT2D eigenvalue weighted by atomic mass is 10.3. The number of amides is 1. The van der Waals surface area contributed by atoms with Gasteiger partial charge in [0.2, 0.25) is 5.91 Å². The first-order chi connectivity index (χ1) is 10.5. The number of hydrogen-bond acceptors (Lipinski definition) is 4. The molecule has 1 amide bonds. The van der Waals surface area contributed by atoms with Crippen LogP contribution < -0.4 is 5.32 Å². The van der Waals surface area contributed by atoms with E-state index in [1.54, 1.807) is 36.4 Å². The number of halogens is 1. The van der Waals surface area contributed by atoms with Crippen LogP contribution in [0.2, 0.25) is 5.02 Å². The van der Waals surface area contributed by atoms with E-state index in [2.05, 4.69) is 5.32 Å². The Hall–Kier alpha value is -2.18. The number of benzene rings is 1. The Morgan fingerprint density at radius 3 is 2.59 bits per heavy atom. The fourth-order valence-corrected chi connectivity index (χ4v) is 2.35. The largest absolute Gasteiger partial charge is 0.477 e. The summed E-state index contributed by atoms with van der Waals surface area (Å²) in [6.07, 6.45) is 2.83. The van der Waals surface area contributed by atoms with Crippen molar-refractivity contribution in [3.8, 4) is 0 Å². The van der Waals surface area contributed by atoms with Gasteiger partial charge in [0.25, 0.3) is 0 Å². The third-order valence-corrected chi connectivity index (χ3v) is 3.78. The predicted molar refractivity (Wildman–Crippen MR) is 86.9 cm³/mol. The van der Waals surface area contributed by atoms with Crippen LogP contribution in [0.25, 0.3) is 6.08 Å². The van der Waals surface area contributed by atoms with E-state index >= 15 is 0 Å². The molecule has 0 saturated heterocycles. The van der Waals surface area contributed by atoms with Gasteiger partial charge in [0.15, 0.2) is 0 Å². The molecule has 22 heavy (non-hydrogen) atoms. The molecule has 0 spiro atoms. The predicted octanol–water partition coefficient (Wildman–Crippen LogP) is 3.73. The monoisotopic (exact) mass is 337 g/mol. The van der Waals surface area contributed by atoms with Gasteiger partial charge in [-0.3, -0.25) is 4.79 Å². The minimum atomic E-state index is -1.11. The number of aliphatic carboxylic acids is 1. The molecule has 0 fully saturated rings. The summed E-state index contributed by atoms with van der Waals surface area (Å²) in [4.78, 5) is 23.0. The van der Waals surface area contributed by atoms with Crippen molar-refractivity contribution >= 4 is 47.0 Å². The van der Waals surface area contributed by atoms with Crippen LogP contribution in [0.3, 0.4) is 0 Å². The Morgan fingerprint density at radius 1 is 1.27 bits per heavy atom. The number of hydrogen-bond donors (Lipinski definition) is 2. The Kier molecular flexibility index (Phi) is 5.68. The standard InChI is InChI=1S/C15H12ClNO4S/c16-10-3-5-11(6-4-10)17-14(18)9-22-13(15(19)20)8-12-2-1-7-21-12/h1-8H,9H2,(H,17,18)(H,19,20)/b13-8+. The van der Waals surface area contributed by atoms with Gasteiger partial charge in [0, 0.05) is 16.8 Å². The van der Waals surface area contributed by atoms with Gasteiger partial charge in [-0.2, -0.15) is 0 Å². The first-order valence-electron chi connectivity index (χ1n) is 6.21. The summed E-state index contributed by atoms with van der Waals surface area (Å²) in [5, 5.41) is 12.4. The number of carbonyl (C=O) groups excluding carboxylic acids is 1. The topological polar surface area (TPSA) is 79.5 Å². The SMILES string of the molecule is O=C(CS/C(=C/c1ccco1)C(=O)O)Nc1ccc(Cl)cc1. The summed E-state index contributed by atoms with van der Waals surface area (Å²) < 4.78 is 5.06. The van der Waals surface area contributed by atoms with Crippen molar-refractivity contribution in [1.29, 1.82) is 0 Å². The highest BCUT2D eigenvalue weighted by Crippen LogP contribution is 2.20. The number of anilines is 1. The van der Waals surface area contributed by atoms with E-state index in [4.69, 9.17) is 21.1 Å². The second-order valence-electron chi connectivity index (χ2n) is 4.17. The van der Waals surface area contributed by atoms with E-state index in [1.807, 2.05) is 0 Å². The highest BCUT2D eigenvalue weighted by atomic mass is 35.5. The molecule has 0 atom stereocenters. The summed E-state index contributed by atoms with van der Waals surface area (Å²) >= 11 is 6.68. The van der Waals surface area contributed by atoms with Gasteiger partial charge < -0.3 is 14.8 Å². The zero-order chi connectivity index (χ0) is 15.9. The van der Waals surface area contributed by atoms with Gasteiger partial charge in [-0.25, -0.2) is 4.79 Å². The van der Waals surface area contributed by atoms with Crippen LogP contribution in [0.15, 0.2) is 52.0 Å². The molecule has 5 nitrogen and oxygen atoms in total. The second kappa shape index (κ2) is 7.72. The molecule has 0 aliphatic heterocycles. The van der Waals surface area contributed by atoms with E-state index in [9.17, 15) is 9.59 Å². The zero-order valence-electron chi connectivity index (χ0n) is 11.3. The van der Waals surface area contributed by atoms with Gasteiger partial charge in [-0.1, -0.05) is 11.6 Å². The molecule has 114 valence electrons. The molecule has 1 aromatic heterocycles. The van der Waals surface area contributed by atoms with E-state index < -0.39 is 5.97 Å². The van der Waals surface area contributed by atoms with Gasteiger partial charge in [0.1, 0.15) is 5.76 Å². The molecule has 0 radical (unpaired) electrons. The Labute approximate surface area is 136 Å². The highest BCUT2D eigenvalue weighted by Gasteiger charge is 2.12. The molecule has 7 heteroatoms. The van der Waals surface area contributed by atoms with Crippen molar-refractivity contribution in [1.82, 2.24) is 0 Å².